The first-order valence-corrected chi connectivity index (χ1v) is 11.3. The molecule has 4 aromatic rings. The summed E-state index contributed by atoms with van der Waals surface area (Å²) in [4.78, 5) is 0. The minimum absolute atomic E-state index is 0.148. The number of hydrogen-bond acceptors (Lipinski definition) is 2. The Hall–Kier alpha value is -2.65. The van der Waals surface area contributed by atoms with Crippen LogP contribution in [-0.4, -0.2) is 19.2 Å². The molecule has 1 aliphatic rings. The number of ether oxygens (including phenoxy) is 1. The standard InChI is InChI=1S/C28H26ClNO/c29-26-10-4-8-24(17-26)23-7-3-9-25(16-23)27-13-14-30-18-28(27)31-19-20-11-12-21-5-1-2-6-22(21)15-20/h1-12,15-17,27-28,30H,13-14,18-19H2/t27-,28+/m1/s1. The number of piperidine rings is 1. The molecule has 0 radical (unpaired) electrons. The Morgan fingerprint density at radius 1 is 0.806 bits per heavy atom. The molecule has 0 saturated carbocycles. The van der Waals surface area contributed by atoms with Crippen LogP contribution in [0.3, 0.4) is 0 Å². The maximum absolute atomic E-state index is 6.47. The molecular formula is C28H26ClNO. The summed E-state index contributed by atoms with van der Waals surface area (Å²) in [6, 6.07) is 31.9. The van der Waals surface area contributed by atoms with Gasteiger partial charge in [-0.05, 0) is 64.2 Å². The fourth-order valence-corrected chi connectivity index (χ4v) is 4.73. The van der Waals surface area contributed by atoms with Gasteiger partial charge in [-0.3, -0.25) is 0 Å². The lowest BCUT2D eigenvalue weighted by Crippen LogP contribution is -2.41. The largest absolute Gasteiger partial charge is 0.372 e. The van der Waals surface area contributed by atoms with Gasteiger partial charge >= 0.3 is 0 Å². The number of hydrogen-bond donors (Lipinski definition) is 1. The summed E-state index contributed by atoms with van der Waals surface area (Å²) in [5.74, 6) is 0.376. The fraction of sp³-hybridized carbons (Fsp3) is 0.214. The van der Waals surface area contributed by atoms with Crippen molar-refractivity contribution in [2.45, 2.75) is 25.0 Å². The Labute approximate surface area is 188 Å². The molecule has 0 bridgehead atoms. The molecule has 3 heteroatoms. The van der Waals surface area contributed by atoms with Gasteiger partial charge in [-0.2, -0.15) is 0 Å². The van der Waals surface area contributed by atoms with Gasteiger partial charge in [0.25, 0.3) is 0 Å². The van der Waals surface area contributed by atoms with Gasteiger partial charge in [0.15, 0.2) is 0 Å². The van der Waals surface area contributed by atoms with Gasteiger partial charge in [0.2, 0.25) is 0 Å². The minimum Gasteiger partial charge on any atom is -0.372 e. The maximum atomic E-state index is 6.47. The highest BCUT2D eigenvalue weighted by atomic mass is 35.5. The van der Waals surface area contributed by atoms with Crippen molar-refractivity contribution in [3.63, 3.8) is 0 Å². The number of benzene rings is 4. The lowest BCUT2D eigenvalue weighted by Gasteiger charge is -2.33. The van der Waals surface area contributed by atoms with E-state index in [4.69, 9.17) is 16.3 Å². The second kappa shape index (κ2) is 9.23. The summed E-state index contributed by atoms with van der Waals surface area (Å²) < 4.78 is 6.47. The minimum atomic E-state index is 0.148. The number of nitrogens with one attached hydrogen (secondary N) is 1. The van der Waals surface area contributed by atoms with Gasteiger partial charge in [0, 0.05) is 17.5 Å². The van der Waals surface area contributed by atoms with Crippen LogP contribution in [0.25, 0.3) is 21.9 Å². The number of fused-ring (bicyclic) bond motifs is 1. The Balaban J connectivity index is 1.35. The molecule has 1 heterocycles. The molecule has 0 spiro atoms. The first kappa shape index (κ1) is 20.3. The van der Waals surface area contributed by atoms with Crippen LogP contribution in [0.15, 0.2) is 91.0 Å². The number of halogens is 1. The van der Waals surface area contributed by atoms with Crippen molar-refractivity contribution in [2.24, 2.45) is 0 Å². The second-order valence-electron chi connectivity index (χ2n) is 8.27. The van der Waals surface area contributed by atoms with Crippen molar-refractivity contribution in [3.8, 4) is 11.1 Å². The van der Waals surface area contributed by atoms with Crippen LogP contribution in [0.1, 0.15) is 23.5 Å². The molecule has 2 nitrogen and oxygen atoms in total. The van der Waals surface area contributed by atoms with Crippen LogP contribution in [0.2, 0.25) is 5.02 Å². The maximum Gasteiger partial charge on any atom is 0.0772 e. The monoisotopic (exact) mass is 427 g/mol. The molecule has 156 valence electrons. The summed E-state index contributed by atoms with van der Waals surface area (Å²) in [7, 11) is 0. The topological polar surface area (TPSA) is 21.3 Å². The summed E-state index contributed by atoms with van der Waals surface area (Å²) in [5, 5.41) is 6.80. The highest BCUT2D eigenvalue weighted by Gasteiger charge is 2.27. The molecule has 0 aliphatic carbocycles. The van der Waals surface area contributed by atoms with Crippen molar-refractivity contribution in [2.75, 3.05) is 13.1 Å². The highest BCUT2D eigenvalue weighted by Crippen LogP contribution is 2.32. The van der Waals surface area contributed by atoms with Crippen LogP contribution < -0.4 is 5.32 Å². The van der Waals surface area contributed by atoms with Crippen molar-refractivity contribution in [3.05, 3.63) is 107 Å². The molecule has 2 atom stereocenters. The van der Waals surface area contributed by atoms with Crippen LogP contribution in [0.4, 0.5) is 0 Å². The van der Waals surface area contributed by atoms with E-state index >= 15 is 0 Å². The molecule has 0 unspecified atom stereocenters. The lowest BCUT2D eigenvalue weighted by molar-refractivity contribution is 0.0107. The van der Waals surface area contributed by atoms with E-state index in [1.807, 2.05) is 18.2 Å². The summed E-state index contributed by atoms with van der Waals surface area (Å²) in [5.41, 5.74) is 4.90. The first-order valence-electron chi connectivity index (χ1n) is 10.9. The average molecular weight is 428 g/mol. The van der Waals surface area contributed by atoms with E-state index in [2.05, 4.69) is 78.1 Å². The van der Waals surface area contributed by atoms with E-state index in [-0.39, 0.29) is 6.10 Å². The predicted molar refractivity (Wildman–Crippen MR) is 130 cm³/mol. The van der Waals surface area contributed by atoms with Crippen molar-refractivity contribution < 1.29 is 4.74 Å². The molecule has 4 aromatic carbocycles. The van der Waals surface area contributed by atoms with Gasteiger partial charge in [0.05, 0.1) is 12.7 Å². The van der Waals surface area contributed by atoms with Gasteiger partial charge < -0.3 is 10.1 Å². The molecule has 5 rings (SSSR count). The summed E-state index contributed by atoms with van der Waals surface area (Å²) in [6.45, 7) is 2.52. The first-order chi connectivity index (χ1) is 15.3. The molecule has 1 aliphatic heterocycles. The van der Waals surface area contributed by atoms with Crippen molar-refractivity contribution in [1.82, 2.24) is 5.32 Å². The Morgan fingerprint density at radius 2 is 1.61 bits per heavy atom. The van der Waals surface area contributed by atoms with Crippen LogP contribution >= 0.6 is 11.6 Å². The van der Waals surface area contributed by atoms with E-state index in [1.165, 1.54) is 27.5 Å². The molecule has 1 saturated heterocycles. The van der Waals surface area contributed by atoms with E-state index in [0.29, 0.717) is 12.5 Å². The van der Waals surface area contributed by atoms with Gasteiger partial charge in [0.1, 0.15) is 0 Å². The van der Waals surface area contributed by atoms with Crippen LogP contribution in [0.5, 0.6) is 0 Å². The van der Waals surface area contributed by atoms with Crippen LogP contribution in [-0.2, 0) is 11.3 Å². The zero-order chi connectivity index (χ0) is 21.0. The SMILES string of the molecule is Clc1cccc(-c2cccc([C@H]3CCNC[C@@H]3OCc3ccc4ccccc4c3)c2)c1. The van der Waals surface area contributed by atoms with E-state index in [9.17, 15) is 0 Å². The Kier molecular flexibility index (Phi) is 6.04. The molecule has 31 heavy (non-hydrogen) atoms. The third-order valence-corrected chi connectivity index (χ3v) is 6.41. The normalized spacial score (nSPS) is 18.9. The van der Waals surface area contributed by atoms with E-state index < -0.39 is 0 Å². The molecule has 1 N–H and O–H groups in total. The summed E-state index contributed by atoms with van der Waals surface area (Å²) >= 11 is 6.21. The summed E-state index contributed by atoms with van der Waals surface area (Å²) in [6.07, 6.45) is 1.22. The van der Waals surface area contributed by atoms with E-state index in [0.717, 1.165) is 30.1 Å². The highest BCUT2D eigenvalue weighted by molar-refractivity contribution is 6.30. The van der Waals surface area contributed by atoms with Crippen LogP contribution in [0, 0.1) is 0 Å². The number of rotatable bonds is 5. The van der Waals surface area contributed by atoms with Gasteiger partial charge in [-0.1, -0.05) is 84.4 Å². The van der Waals surface area contributed by atoms with Crippen molar-refractivity contribution in [1.29, 1.82) is 0 Å². The van der Waals surface area contributed by atoms with Crippen molar-refractivity contribution >= 4 is 22.4 Å². The molecule has 1 fully saturated rings. The Bertz CT molecular complexity index is 1190. The third kappa shape index (κ3) is 4.67. The second-order valence-corrected chi connectivity index (χ2v) is 8.70. The molecule has 0 amide bonds. The van der Waals surface area contributed by atoms with E-state index in [1.54, 1.807) is 0 Å². The quantitative estimate of drug-likeness (QED) is 0.377. The molecule has 0 aromatic heterocycles. The smallest absolute Gasteiger partial charge is 0.0772 e. The molecular weight excluding hydrogens is 402 g/mol. The lowest BCUT2D eigenvalue weighted by atomic mass is 9.86. The van der Waals surface area contributed by atoms with Gasteiger partial charge in [-0.25, -0.2) is 0 Å². The average Bonchev–Trinajstić information content (AvgIpc) is 2.83. The zero-order valence-electron chi connectivity index (χ0n) is 17.4. The third-order valence-electron chi connectivity index (χ3n) is 6.18. The zero-order valence-corrected chi connectivity index (χ0v) is 18.2. The van der Waals surface area contributed by atoms with Gasteiger partial charge in [-0.15, -0.1) is 0 Å². The Morgan fingerprint density at radius 3 is 2.48 bits per heavy atom. The predicted octanol–water partition coefficient (Wildman–Crippen LogP) is 6.82. The fourth-order valence-electron chi connectivity index (χ4n) is 4.54.